The van der Waals surface area contributed by atoms with E-state index in [1.54, 1.807) is 0 Å². The van der Waals surface area contributed by atoms with Gasteiger partial charge in [-0.2, -0.15) is 0 Å². The normalized spacial score (nSPS) is 31.8. The summed E-state index contributed by atoms with van der Waals surface area (Å²) in [5, 5.41) is 119. The maximum Gasteiger partial charge on any atom is 0.220 e. The van der Waals surface area contributed by atoms with Crippen molar-refractivity contribution in [1.82, 2.24) is 5.32 Å². The van der Waals surface area contributed by atoms with Gasteiger partial charge in [-0.15, -0.1) is 0 Å². The average molecular weight is 1070 g/mol. The Kier molecular flexibility index (Phi) is 35.1. The standard InChI is InChI=1S/C56H95NO18/c1-3-5-7-8-9-10-11-12-13-14-15-16-17-18-19-20-21-22-23-24-25-26-27-28-29-30-32-34-44(62)57-39(40(61)33-31-6-4-2)38-70-54-50(68)47(65)52(42(36-59)72-54)75-56-51(69)48(66)53(43(37-60)73-56)74-55-49(67)46(64)45(63)41(35-58)71-55/h5,7,9-10,12-13,15-16,18-19,21-22,39-43,45-56,58-61,63-69H,3-4,6,8,11,14,17,20,23-38H2,1-2H3,(H,57,62)/b7-5-,10-9-,13-12-,16-15-,19-18-,22-21-. The van der Waals surface area contributed by atoms with Crippen LogP contribution in [0.3, 0.4) is 0 Å². The number of hydrogen-bond acceptors (Lipinski definition) is 18. The molecule has 0 aromatic carbocycles. The predicted molar refractivity (Wildman–Crippen MR) is 281 cm³/mol. The molecular formula is C56H95NO18. The number of ether oxygens (including phenoxy) is 6. The van der Waals surface area contributed by atoms with E-state index in [0.717, 1.165) is 83.5 Å². The number of allylic oxidation sites excluding steroid dienone is 12. The molecule has 0 bridgehead atoms. The summed E-state index contributed by atoms with van der Waals surface area (Å²) in [7, 11) is 0. The van der Waals surface area contributed by atoms with Gasteiger partial charge in [0.15, 0.2) is 18.9 Å². The zero-order valence-corrected chi connectivity index (χ0v) is 44.5. The van der Waals surface area contributed by atoms with Gasteiger partial charge in [0.2, 0.25) is 5.91 Å². The van der Waals surface area contributed by atoms with E-state index in [1.165, 1.54) is 19.3 Å². The molecule has 0 aromatic rings. The van der Waals surface area contributed by atoms with Gasteiger partial charge in [0.25, 0.3) is 0 Å². The second-order valence-electron chi connectivity index (χ2n) is 19.7. The van der Waals surface area contributed by atoms with Gasteiger partial charge >= 0.3 is 0 Å². The first-order valence-electron chi connectivity index (χ1n) is 27.7. The molecule has 3 rings (SSSR count). The molecule has 3 fully saturated rings. The number of carbonyl (C=O) groups is 1. The van der Waals surface area contributed by atoms with E-state index in [-0.39, 0.29) is 18.9 Å². The van der Waals surface area contributed by atoms with E-state index in [4.69, 9.17) is 28.4 Å². The molecule has 12 N–H and O–H groups in total. The second-order valence-corrected chi connectivity index (χ2v) is 19.7. The lowest BCUT2D eigenvalue weighted by Crippen LogP contribution is -2.66. The zero-order chi connectivity index (χ0) is 54.8. The van der Waals surface area contributed by atoms with Crippen LogP contribution >= 0.6 is 0 Å². The van der Waals surface area contributed by atoms with Crippen LogP contribution in [0, 0.1) is 0 Å². The number of carbonyl (C=O) groups excluding carboxylic acids is 1. The van der Waals surface area contributed by atoms with Crippen LogP contribution in [0.4, 0.5) is 0 Å². The van der Waals surface area contributed by atoms with Crippen molar-refractivity contribution in [2.75, 3.05) is 26.4 Å². The number of aliphatic hydroxyl groups is 11. The highest BCUT2D eigenvalue weighted by molar-refractivity contribution is 5.76. The third-order valence-electron chi connectivity index (χ3n) is 13.5. The molecule has 19 nitrogen and oxygen atoms in total. The molecule has 0 aromatic heterocycles. The van der Waals surface area contributed by atoms with Gasteiger partial charge in [-0.3, -0.25) is 4.79 Å². The van der Waals surface area contributed by atoms with E-state index < -0.39 is 124 Å². The maximum atomic E-state index is 13.1. The Morgan fingerprint density at radius 3 is 1.41 bits per heavy atom. The van der Waals surface area contributed by atoms with Gasteiger partial charge < -0.3 is 89.9 Å². The first-order chi connectivity index (χ1) is 36.3. The van der Waals surface area contributed by atoms with Gasteiger partial charge in [0, 0.05) is 6.42 Å². The van der Waals surface area contributed by atoms with Gasteiger partial charge in [-0.1, -0.05) is 145 Å². The summed E-state index contributed by atoms with van der Waals surface area (Å²) in [4.78, 5) is 13.1. The van der Waals surface area contributed by atoms with E-state index in [9.17, 15) is 61.0 Å². The SMILES string of the molecule is CC/C=C\C/C=C\C/C=C\C/C=C\C/C=C\C/C=C\CCCCCCCCCCC(=O)NC(COC1OC(CO)C(OC2OC(CO)C(OC3OC(CO)C(O)C(O)C3O)C(O)C2O)C(O)C1O)C(O)CCCCC. The molecule has 0 aliphatic carbocycles. The van der Waals surface area contributed by atoms with Crippen molar-refractivity contribution in [1.29, 1.82) is 0 Å². The van der Waals surface area contributed by atoms with Crippen LogP contribution < -0.4 is 5.32 Å². The molecule has 3 aliphatic rings. The predicted octanol–water partition coefficient (Wildman–Crippen LogP) is 3.48. The van der Waals surface area contributed by atoms with Gasteiger partial charge in [0.05, 0.1) is 38.6 Å². The molecule has 0 saturated carbocycles. The Hall–Kier alpha value is -2.77. The average Bonchev–Trinajstić information content (AvgIpc) is 3.40. The Labute approximate surface area is 445 Å². The van der Waals surface area contributed by atoms with Crippen molar-refractivity contribution < 1.29 is 89.4 Å². The maximum absolute atomic E-state index is 13.1. The fourth-order valence-corrected chi connectivity index (χ4v) is 8.96. The van der Waals surface area contributed by atoms with Crippen molar-refractivity contribution in [2.24, 2.45) is 0 Å². The quantitative estimate of drug-likeness (QED) is 0.0311. The molecule has 3 aliphatic heterocycles. The fraction of sp³-hybridized carbons (Fsp3) is 0.768. The summed E-state index contributed by atoms with van der Waals surface area (Å²) in [6.45, 7) is 1.44. The molecule has 75 heavy (non-hydrogen) atoms. The van der Waals surface area contributed by atoms with Crippen molar-refractivity contribution >= 4 is 5.91 Å². The minimum atomic E-state index is -1.97. The number of nitrogens with one attached hydrogen (secondary N) is 1. The zero-order valence-electron chi connectivity index (χ0n) is 44.5. The molecule has 3 heterocycles. The molecule has 17 unspecified atom stereocenters. The van der Waals surface area contributed by atoms with Crippen LogP contribution in [0.1, 0.15) is 142 Å². The largest absolute Gasteiger partial charge is 0.394 e. The topological polar surface area (TPSA) is 307 Å². The van der Waals surface area contributed by atoms with Gasteiger partial charge in [-0.05, 0) is 64.2 Å². The Balaban J connectivity index is 1.35. The number of rotatable bonds is 38. The van der Waals surface area contributed by atoms with E-state index in [1.807, 2.05) is 6.92 Å². The summed E-state index contributed by atoms with van der Waals surface area (Å²) in [5.41, 5.74) is 0. The summed E-state index contributed by atoms with van der Waals surface area (Å²) in [5.74, 6) is -0.269. The lowest BCUT2D eigenvalue weighted by Gasteiger charge is -2.48. The number of hydrogen-bond donors (Lipinski definition) is 12. The third-order valence-corrected chi connectivity index (χ3v) is 13.5. The molecule has 17 atom stereocenters. The van der Waals surface area contributed by atoms with E-state index in [2.05, 4.69) is 85.2 Å². The minimum absolute atomic E-state index is 0.249. The monoisotopic (exact) mass is 1070 g/mol. The third kappa shape index (κ3) is 24.4. The molecule has 0 radical (unpaired) electrons. The number of unbranched alkanes of at least 4 members (excludes halogenated alkanes) is 10. The van der Waals surface area contributed by atoms with Crippen LogP contribution in [0.25, 0.3) is 0 Å². The molecule has 432 valence electrons. The summed E-state index contributed by atoms with van der Waals surface area (Å²) < 4.78 is 34.0. The van der Waals surface area contributed by atoms with Gasteiger partial charge in [-0.25, -0.2) is 0 Å². The van der Waals surface area contributed by atoms with Crippen LogP contribution in [-0.2, 0) is 33.2 Å². The smallest absolute Gasteiger partial charge is 0.220 e. The van der Waals surface area contributed by atoms with Crippen molar-refractivity contribution in [3.63, 3.8) is 0 Å². The van der Waals surface area contributed by atoms with Crippen molar-refractivity contribution in [3.05, 3.63) is 72.9 Å². The number of aliphatic hydroxyl groups excluding tert-OH is 11. The van der Waals surface area contributed by atoms with E-state index >= 15 is 0 Å². The van der Waals surface area contributed by atoms with Crippen LogP contribution in [0.15, 0.2) is 72.9 Å². The molecule has 3 saturated heterocycles. The van der Waals surface area contributed by atoms with Crippen LogP contribution in [-0.4, -0.2) is 193 Å². The lowest BCUT2D eigenvalue weighted by molar-refractivity contribution is -0.379. The van der Waals surface area contributed by atoms with Crippen molar-refractivity contribution in [3.8, 4) is 0 Å². The molecular weight excluding hydrogens is 975 g/mol. The first kappa shape index (κ1) is 66.5. The second kappa shape index (κ2) is 39.6. The molecule has 0 spiro atoms. The summed E-state index contributed by atoms with van der Waals surface area (Å²) in [6, 6.07) is -0.891. The van der Waals surface area contributed by atoms with Crippen LogP contribution in [0.2, 0.25) is 0 Å². The van der Waals surface area contributed by atoms with Crippen molar-refractivity contribution in [2.45, 2.75) is 247 Å². The fourth-order valence-electron chi connectivity index (χ4n) is 8.96. The molecule has 1 amide bonds. The number of amides is 1. The summed E-state index contributed by atoms with van der Waals surface area (Å²) >= 11 is 0. The lowest BCUT2D eigenvalue weighted by atomic mass is 9.96. The summed E-state index contributed by atoms with van der Waals surface area (Å²) in [6.07, 6.45) is 18.4. The highest BCUT2D eigenvalue weighted by atomic mass is 16.8. The Morgan fingerprint density at radius 1 is 0.493 bits per heavy atom. The van der Waals surface area contributed by atoms with E-state index in [0.29, 0.717) is 19.3 Å². The highest BCUT2D eigenvalue weighted by Gasteiger charge is 2.53. The Bertz CT molecular complexity index is 1660. The first-order valence-corrected chi connectivity index (χ1v) is 27.7. The molecule has 19 heteroatoms. The van der Waals surface area contributed by atoms with Crippen LogP contribution in [0.5, 0.6) is 0 Å². The highest BCUT2D eigenvalue weighted by Crippen LogP contribution is 2.33. The Morgan fingerprint density at radius 2 is 0.920 bits per heavy atom. The minimum Gasteiger partial charge on any atom is -0.394 e. The van der Waals surface area contributed by atoms with Gasteiger partial charge in [0.1, 0.15) is 73.2 Å².